The molecule has 2 heteroatoms. The average molecular weight is 256 g/mol. The van der Waals surface area contributed by atoms with Gasteiger partial charge in [0.2, 0.25) is 0 Å². The fourth-order valence-corrected chi connectivity index (χ4v) is 3.22. The van der Waals surface area contributed by atoms with Crippen LogP contribution in [0.25, 0.3) is 0 Å². The van der Waals surface area contributed by atoms with E-state index in [-0.39, 0.29) is 0 Å². The van der Waals surface area contributed by atoms with Gasteiger partial charge in [0.25, 0.3) is 0 Å². The van der Waals surface area contributed by atoms with E-state index in [1.807, 2.05) is 0 Å². The van der Waals surface area contributed by atoms with Gasteiger partial charge in [-0.2, -0.15) is 0 Å². The van der Waals surface area contributed by atoms with Gasteiger partial charge in [0.15, 0.2) is 0 Å². The summed E-state index contributed by atoms with van der Waals surface area (Å²) < 4.78 is 0. The molecule has 1 fully saturated rings. The Morgan fingerprint density at radius 1 is 0.895 bits per heavy atom. The molecule has 1 aliphatic carbocycles. The summed E-state index contributed by atoms with van der Waals surface area (Å²) in [5.74, 6) is 0. The van der Waals surface area contributed by atoms with Gasteiger partial charge in [0, 0.05) is 30.9 Å². The molecule has 3 rings (SSSR count). The Balaban J connectivity index is 1.48. The van der Waals surface area contributed by atoms with Crippen molar-refractivity contribution in [2.24, 2.45) is 0 Å². The molecule has 0 amide bonds. The molecule has 2 aliphatic rings. The molecule has 1 saturated heterocycles. The molecule has 0 radical (unpaired) electrons. The molecule has 1 aliphatic heterocycles. The van der Waals surface area contributed by atoms with Gasteiger partial charge < -0.3 is 10.2 Å². The van der Waals surface area contributed by atoms with E-state index in [4.69, 9.17) is 0 Å². The van der Waals surface area contributed by atoms with Crippen LogP contribution in [0.15, 0.2) is 42.5 Å². The molecule has 19 heavy (non-hydrogen) atoms. The normalized spacial score (nSPS) is 24.6. The first kappa shape index (κ1) is 12.7. The van der Waals surface area contributed by atoms with Gasteiger partial charge in [-0.25, -0.2) is 0 Å². The van der Waals surface area contributed by atoms with Crippen molar-refractivity contribution in [3.63, 3.8) is 0 Å². The summed E-state index contributed by atoms with van der Waals surface area (Å²) in [4.78, 5) is 2.51. The van der Waals surface area contributed by atoms with Gasteiger partial charge >= 0.3 is 0 Å². The molecule has 102 valence electrons. The summed E-state index contributed by atoms with van der Waals surface area (Å²) in [5, 5.41) is 3.85. The van der Waals surface area contributed by atoms with E-state index in [9.17, 15) is 0 Å². The lowest BCUT2D eigenvalue weighted by Crippen LogP contribution is -2.46. The number of para-hydroxylation sites is 1. The topological polar surface area (TPSA) is 15.3 Å². The highest BCUT2D eigenvalue weighted by Gasteiger charge is 2.21. The molecule has 0 spiro atoms. The summed E-state index contributed by atoms with van der Waals surface area (Å²) in [5.41, 5.74) is 1.38. The maximum absolute atomic E-state index is 3.85. The first-order valence-electron chi connectivity index (χ1n) is 7.63. The summed E-state index contributed by atoms with van der Waals surface area (Å²) >= 11 is 0. The largest absolute Gasteiger partial charge is 0.371 e. The molecule has 1 aromatic rings. The molecule has 1 N–H and O–H groups in total. The standard InChI is InChI=1S/C17H24N2/c1-3-7-15(8-4-1)18-16-11-13-19(14-12-16)17-9-5-2-6-10-17/h1-3,5-6,9-10,15-16,18H,4,7-8,11-14H2. The summed E-state index contributed by atoms with van der Waals surface area (Å²) in [6.07, 6.45) is 11.0. The number of benzene rings is 1. The highest BCUT2D eigenvalue weighted by molar-refractivity contribution is 5.46. The fourth-order valence-electron chi connectivity index (χ4n) is 3.22. The lowest BCUT2D eigenvalue weighted by molar-refractivity contribution is 0.351. The van der Waals surface area contributed by atoms with Crippen LogP contribution in [0.1, 0.15) is 32.1 Å². The first-order chi connectivity index (χ1) is 9.42. The molecule has 1 aromatic carbocycles. The Hall–Kier alpha value is -1.28. The van der Waals surface area contributed by atoms with Crippen LogP contribution in [-0.4, -0.2) is 25.2 Å². The molecule has 0 bridgehead atoms. The highest BCUT2D eigenvalue weighted by Crippen LogP contribution is 2.21. The van der Waals surface area contributed by atoms with Crippen LogP contribution < -0.4 is 10.2 Å². The quantitative estimate of drug-likeness (QED) is 0.834. The van der Waals surface area contributed by atoms with Crippen molar-refractivity contribution in [3.05, 3.63) is 42.5 Å². The molecule has 0 aromatic heterocycles. The predicted octanol–water partition coefficient (Wildman–Crippen LogP) is 3.35. The lowest BCUT2D eigenvalue weighted by atomic mass is 9.98. The third kappa shape index (κ3) is 3.38. The zero-order valence-electron chi connectivity index (χ0n) is 11.6. The molecular formula is C17H24N2. The Morgan fingerprint density at radius 2 is 1.68 bits per heavy atom. The minimum Gasteiger partial charge on any atom is -0.371 e. The van der Waals surface area contributed by atoms with Gasteiger partial charge in [0.05, 0.1) is 0 Å². The smallest absolute Gasteiger partial charge is 0.0366 e. The fraction of sp³-hybridized carbons (Fsp3) is 0.529. The Kier molecular flexibility index (Phi) is 4.19. The molecule has 1 unspecified atom stereocenters. The number of rotatable bonds is 3. The van der Waals surface area contributed by atoms with Crippen molar-refractivity contribution in [1.29, 1.82) is 0 Å². The van der Waals surface area contributed by atoms with Crippen molar-refractivity contribution in [2.75, 3.05) is 18.0 Å². The minimum absolute atomic E-state index is 0.719. The predicted molar refractivity (Wildman–Crippen MR) is 81.6 cm³/mol. The third-order valence-corrected chi connectivity index (χ3v) is 4.36. The zero-order chi connectivity index (χ0) is 12.9. The van der Waals surface area contributed by atoms with Crippen LogP contribution in [0.5, 0.6) is 0 Å². The van der Waals surface area contributed by atoms with Crippen LogP contribution in [0.3, 0.4) is 0 Å². The van der Waals surface area contributed by atoms with E-state index in [0.29, 0.717) is 0 Å². The maximum Gasteiger partial charge on any atom is 0.0366 e. The van der Waals surface area contributed by atoms with Crippen LogP contribution in [0.4, 0.5) is 5.69 Å². The first-order valence-corrected chi connectivity index (χ1v) is 7.63. The molecule has 0 saturated carbocycles. The number of hydrogen-bond donors (Lipinski definition) is 1. The Morgan fingerprint density at radius 3 is 2.37 bits per heavy atom. The summed E-state index contributed by atoms with van der Waals surface area (Å²) in [6, 6.07) is 12.2. The second-order valence-electron chi connectivity index (χ2n) is 5.74. The van der Waals surface area contributed by atoms with Crippen LogP contribution in [0, 0.1) is 0 Å². The van der Waals surface area contributed by atoms with Crippen molar-refractivity contribution < 1.29 is 0 Å². The summed E-state index contributed by atoms with van der Waals surface area (Å²) in [6.45, 7) is 2.37. The Bertz CT molecular complexity index is 405. The minimum atomic E-state index is 0.719. The van der Waals surface area contributed by atoms with E-state index in [2.05, 4.69) is 52.7 Å². The average Bonchev–Trinajstić information content (AvgIpc) is 2.50. The van der Waals surface area contributed by atoms with Crippen molar-refractivity contribution in [3.8, 4) is 0 Å². The second-order valence-corrected chi connectivity index (χ2v) is 5.74. The third-order valence-electron chi connectivity index (χ3n) is 4.36. The highest BCUT2D eigenvalue weighted by atomic mass is 15.1. The number of piperidine rings is 1. The van der Waals surface area contributed by atoms with Crippen molar-refractivity contribution >= 4 is 5.69 Å². The molecule has 1 heterocycles. The van der Waals surface area contributed by atoms with E-state index in [0.717, 1.165) is 12.1 Å². The van der Waals surface area contributed by atoms with Gasteiger partial charge in [-0.3, -0.25) is 0 Å². The maximum atomic E-state index is 3.85. The van der Waals surface area contributed by atoms with E-state index in [1.54, 1.807) is 0 Å². The zero-order valence-corrected chi connectivity index (χ0v) is 11.6. The Labute approximate surface area is 116 Å². The molecule has 2 nitrogen and oxygen atoms in total. The van der Waals surface area contributed by atoms with Gasteiger partial charge in [-0.15, -0.1) is 0 Å². The van der Waals surface area contributed by atoms with E-state index >= 15 is 0 Å². The molecule has 1 atom stereocenters. The molecular weight excluding hydrogens is 232 g/mol. The van der Waals surface area contributed by atoms with Gasteiger partial charge in [-0.1, -0.05) is 30.4 Å². The number of nitrogens with zero attached hydrogens (tertiary/aromatic N) is 1. The van der Waals surface area contributed by atoms with Crippen molar-refractivity contribution in [2.45, 2.75) is 44.2 Å². The second kappa shape index (κ2) is 6.25. The monoisotopic (exact) mass is 256 g/mol. The van der Waals surface area contributed by atoms with Crippen molar-refractivity contribution in [1.82, 2.24) is 5.32 Å². The lowest BCUT2D eigenvalue weighted by Gasteiger charge is -2.36. The van der Waals surface area contributed by atoms with Gasteiger partial charge in [0.1, 0.15) is 0 Å². The van der Waals surface area contributed by atoms with E-state index < -0.39 is 0 Å². The number of allylic oxidation sites excluding steroid dienone is 1. The van der Waals surface area contributed by atoms with Crippen LogP contribution in [0.2, 0.25) is 0 Å². The van der Waals surface area contributed by atoms with Crippen LogP contribution in [-0.2, 0) is 0 Å². The van der Waals surface area contributed by atoms with E-state index in [1.165, 1.54) is 50.9 Å². The number of hydrogen-bond acceptors (Lipinski definition) is 2. The number of nitrogens with one attached hydrogen (secondary N) is 1. The summed E-state index contributed by atoms with van der Waals surface area (Å²) in [7, 11) is 0. The SMILES string of the molecule is C1=CCC(NC2CCN(c3ccccc3)CC2)CC1. The van der Waals surface area contributed by atoms with Crippen LogP contribution >= 0.6 is 0 Å². The van der Waals surface area contributed by atoms with Gasteiger partial charge in [-0.05, 0) is 44.2 Å². The number of anilines is 1.